The summed E-state index contributed by atoms with van der Waals surface area (Å²) >= 11 is 0. The summed E-state index contributed by atoms with van der Waals surface area (Å²) in [5.74, 6) is -1.08. The summed E-state index contributed by atoms with van der Waals surface area (Å²) in [4.78, 5) is 13.0. The second kappa shape index (κ2) is 11.4. The number of aromatic hydroxyl groups is 2. The topological polar surface area (TPSA) is 87.0 Å². The molecule has 5 heteroatoms. The van der Waals surface area contributed by atoms with E-state index in [9.17, 15) is 20.1 Å². The van der Waals surface area contributed by atoms with Gasteiger partial charge in [0.25, 0.3) is 0 Å². The number of ether oxygens (including phenoxy) is 1. The van der Waals surface area contributed by atoms with Crippen LogP contribution in [-0.2, 0) is 11.2 Å². The number of unbranched alkanes of at least 4 members (excludes halogenated alkanes) is 2. The lowest BCUT2D eigenvalue weighted by molar-refractivity contribution is 0.0246. The standard InChI is InChI=1S/C26H38O5/c1-6-8-9-10-18-14-22(28)24(21-13-17(5)11-12-20(21)16(3)4)25(29)23(18)26(30)31-15-19(27)7-2/h13-14,19-21,27-29H,3,6-12,15H2,1-2,4-5H3/t19?,20-,21+/m0/s1. The number of carbonyl (C=O) groups excluding carboxylic acids is 1. The highest BCUT2D eigenvalue weighted by Crippen LogP contribution is 2.48. The molecule has 31 heavy (non-hydrogen) atoms. The van der Waals surface area contributed by atoms with Crippen molar-refractivity contribution in [1.29, 1.82) is 0 Å². The van der Waals surface area contributed by atoms with E-state index in [-0.39, 0.29) is 35.5 Å². The molecule has 0 fully saturated rings. The highest BCUT2D eigenvalue weighted by Gasteiger charge is 2.33. The minimum Gasteiger partial charge on any atom is -0.507 e. The third-order valence-electron chi connectivity index (χ3n) is 6.25. The maximum absolute atomic E-state index is 13.0. The maximum atomic E-state index is 13.0. The van der Waals surface area contributed by atoms with E-state index in [2.05, 4.69) is 19.6 Å². The molecule has 0 amide bonds. The number of benzene rings is 1. The van der Waals surface area contributed by atoms with Crippen molar-refractivity contribution in [2.45, 2.75) is 84.7 Å². The van der Waals surface area contributed by atoms with Crippen LogP contribution < -0.4 is 0 Å². The average Bonchev–Trinajstić information content (AvgIpc) is 2.71. The summed E-state index contributed by atoms with van der Waals surface area (Å²) in [6.07, 6.45) is 6.99. The first-order chi connectivity index (χ1) is 14.7. The number of carbonyl (C=O) groups is 1. The summed E-state index contributed by atoms with van der Waals surface area (Å²) in [6, 6.07) is 1.60. The molecule has 3 N–H and O–H groups in total. The van der Waals surface area contributed by atoms with E-state index in [1.54, 1.807) is 13.0 Å². The van der Waals surface area contributed by atoms with Gasteiger partial charge >= 0.3 is 5.97 Å². The first-order valence-corrected chi connectivity index (χ1v) is 11.5. The van der Waals surface area contributed by atoms with Gasteiger partial charge in [0.2, 0.25) is 0 Å². The zero-order valence-corrected chi connectivity index (χ0v) is 19.4. The van der Waals surface area contributed by atoms with Crippen LogP contribution in [-0.4, -0.2) is 34.0 Å². The van der Waals surface area contributed by atoms with Crippen LogP contribution in [0.4, 0.5) is 0 Å². The Balaban J connectivity index is 2.55. The molecular formula is C26H38O5. The zero-order valence-electron chi connectivity index (χ0n) is 19.4. The van der Waals surface area contributed by atoms with Gasteiger partial charge in [0, 0.05) is 11.5 Å². The molecule has 0 saturated heterocycles. The number of aryl methyl sites for hydroxylation is 1. The molecule has 0 radical (unpaired) electrons. The van der Waals surface area contributed by atoms with Crippen molar-refractivity contribution in [3.8, 4) is 11.5 Å². The largest absolute Gasteiger partial charge is 0.507 e. The Morgan fingerprint density at radius 3 is 2.61 bits per heavy atom. The van der Waals surface area contributed by atoms with Crippen molar-refractivity contribution in [2.24, 2.45) is 5.92 Å². The molecule has 1 unspecified atom stereocenters. The normalized spacial score (nSPS) is 19.6. The second-order valence-corrected chi connectivity index (χ2v) is 8.84. The third kappa shape index (κ3) is 6.13. The fourth-order valence-corrected chi connectivity index (χ4v) is 4.31. The Morgan fingerprint density at radius 2 is 2.00 bits per heavy atom. The Labute approximate surface area is 186 Å². The quantitative estimate of drug-likeness (QED) is 0.249. The SMILES string of the molecule is C=C(C)[C@@H]1CCC(C)=C[C@H]1c1c(O)cc(CCCCC)c(C(=O)OCC(O)CC)c1O. The smallest absolute Gasteiger partial charge is 0.342 e. The lowest BCUT2D eigenvalue weighted by atomic mass is 9.73. The Kier molecular flexibility index (Phi) is 9.17. The molecule has 1 aromatic rings. The van der Waals surface area contributed by atoms with E-state index in [1.807, 2.05) is 13.8 Å². The molecule has 172 valence electrons. The minimum atomic E-state index is -0.747. The number of hydrogen-bond acceptors (Lipinski definition) is 5. The molecule has 1 aliphatic carbocycles. The fraction of sp³-hybridized carbons (Fsp3) is 0.577. The van der Waals surface area contributed by atoms with Crippen LogP contribution in [0.25, 0.3) is 0 Å². The number of rotatable bonds is 10. The molecule has 0 spiro atoms. The number of aliphatic hydroxyl groups excluding tert-OH is 1. The van der Waals surface area contributed by atoms with Gasteiger partial charge in [0.15, 0.2) is 0 Å². The second-order valence-electron chi connectivity index (χ2n) is 8.84. The Morgan fingerprint density at radius 1 is 1.29 bits per heavy atom. The van der Waals surface area contributed by atoms with Gasteiger partial charge in [-0.3, -0.25) is 0 Å². The first-order valence-electron chi connectivity index (χ1n) is 11.5. The van der Waals surface area contributed by atoms with Crippen LogP contribution in [0.15, 0.2) is 29.9 Å². The van der Waals surface area contributed by atoms with Crippen LogP contribution in [0.3, 0.4) is 0 Å². The van der Waals surface area contributed by atoms with Gasteiger partial charge in [-0.2, -0.15) is 0 Å². The van der Waals surface area contributed by atoms with Crippen molar-refractivity contribution < 1.29 is 24.9 Å². The lowest BCUT2D eigenvalue weighted by Gasteiger charge is -2.32. The highest BCUT2D eigenvalue weighted by atomic mass is 16.5. The molecule has 0 aliphatic heterocycles. The highest BCUT2D eigenvalue weighted by molar-refractivity contribution is 5.95. The van der Waals surface area contributed by atoms with Crippen LogP contribution >= 0.6 is 0 Å². The maximum Gasteiger partial charge on any atom is 0.342 e. The number of allylic oxidation sites excluding steroid dienone is 3. The van der Waals surface area contributed by atoms with Gasteiger partial charge in [-0.15, -0.1) is 0 Å². The van der Waals surface area contributed by atoms with Gasteiger partial charge in [-0.05, 0) is 63.5 Å². The lowest BCUT2D eigenvalue weighted by Crippen LogP contribution is -2.21. The molecule has 1 aliphatic rings. The van der Waals surface area contributed by atoms with Crippen molar-refractivity contribution in [3.05, 3.63) is 46.6 Å². The fourth-order valence-electron chi connectivity index (χ4n) is 4.31. The predicted molar refractivity (Wildman–Crippen MR) is 124 cm³/mol. The molecule has 0 heterocycles. The first kappa shape index (κ1) is 25.0. The molecular weight excluding hydrogens is 392 g/mol. The molecule has 2 rings (SSSR count). The zero-order chi connectivity index (χ0) is 23.1. The van der Waals surface area contributed by atoms with Crippen molar-refractivity contribution in [2.75, 3.05) is 6.61 Å². The van der Waals surface area contributed by atoms with Crippen molar-refractivity contribution in [3.63, 3.8) is 0 Å². The van der Waals surface area contributed by atoms with Gasteiger partial charge in [0.05, 0.1) is 6.10 Å². The summed E-state index contributed by atoms with van der Waals surface area (Å²) in [5.41, 5.74) is 3.20. The number of esters is 1. The van der Waals surface area contributed by atoms with Crippen molar-refractivity contribution in [1.82, 2.24) is 0 Å². The van der Waals surface area contributed by atoms with E-state index in [4.69, 9.17) is 4.74 Å². The summed E-state index contributed by atoms with van der Waals surface area (Å²) < 4.78 is 5.32. The van der Waals surface area contributed by atoms with Crippen LogP contribution in [0.5, 0.6) is 11.5 Å². The van der Waals surface area contributed by atoms with Gasteiger partial charge < -0.3 is 20.1 Å². The minimum absolute atomic E-state index is 0.00339. The third-order valence-corrected chi connectivity index (χ3v) is 6.25. The molecule has 0 bridgehead atoms. The predicted octanol–water partition coefficient (Wildman–Crippen LogP) is 5.77. The molecule has 0 aromatic heterocycles. The van der Waals surface area contributed by atoms with E-state index in [1.165, 1.54) is 5.57 Å². The van der Waals surface area contributed by atoms with E-state index in [0.29, 0.717) is 24.0 Å². The van der Waals surface area contributed by atoms with Crippen LogP contribution in [0, 0.1) is 5.92 Å². The Bertz CT molecular complexity index is 824. The number of hydrogen-bond donors (Lipinski definition) is 3. The summed E-state index contributed by atoms with van der Waals surface area (Å²) in [5, 5.41) is 32.0. The summed E-state index contributed by atoms with van der Waals surface area (Å²) in [6.45, 7) is 11.9. The molecule has 5 nitrogen and oxygen atoms in total. The van der Waals surface area contributed by atoms with Crippen molar-refractivity contribution >= 4 is 5.97 Å². The molecule has 1 aromatic carbocycles. The van der Waals surface area contributed by atoms with Gasteiger partial charge in [0.1, 0.15) is 23.7 Å². The number of phenols is 2. The molecule has 0 saturated carbocycles. The van der Waals surface area contributed by atoms with E-state index >= 15 is 0 Å². The number of phenolic OH excluding ortho intramolecular Hbond substituents is 2. The van der Waals surface area contributed by atoms with Crippen LogP contribution in [0.1, 0.15) is 93.6 Å². The molecule has 3 atom stereocenters. The monoisotopic (exact) mass is 430 g/mol. The summed E-state index contributed by atoms with van der Waals surface area (Å²) in [7, 11) is 0. The Hall–Kier alpha value is -2.27. The van der Waals surface area contributed by atoms with Gasteiger partial charge in [-0.25, -0.2) is 4.79 Å². The number of aliphatic hydroxyl groups is 1. The van der Waals surface area contributed by atoms with E-state index in [0.717, 1.165) is 37.7 Å². The van der Waals surface area contributed by atoms with Gasteiger partial charge in [-0.1, -0.05) is 50.5 Å². The van der Waals surface area contributed by atoms with E-state index < -0.39 is 12.1 Å². The average molecular weight is 431 g/mol. The van der Waals surface area contributed by atoms with Crippen LogP contribution in [0.2, 0.25) is 0 Å².